The van der Waals surface area contributed by atoms with E-state index in [0.29, 0.717) is 23.8 Å². The van der Waals surface area contributed by atoms with E-state index in [1.165, 1.54) is 25.8 Å². The van der Waals surface area contributed by atoms with Crippen LogP contribution in [0.5, 0.6) is 5.75 Å². The van der Waals surface area contributed by atoms with E-state index in [0.717, 1.165) is 38.6 Å². The second-order valence-corrected chi connectivity index (χ2v) is 7.53. The molecule has 1 saturated carbocycles. The molecule has 0 radical (unpaired) electrons. The number of nitrogens with zero attached hydrogens (tertiary/aromatic N) is 1. The zero-order valence-electron chi connectivity index (χ0n) is 14.8. The summed E-state index contributed by atoms with van der Waals surface area (Å²) in [6, 6.07) is 8.33. The molecule has 1 aromatic carbocycles. The molecule has 2 unspecified atom stereocenters. The molecule has 0 spiro atoms. The SMILES string of the molecule is O=C(NCC1CCN(C2CC2)C1)c1ccccc1OCC1CCCO1. The van der Waals surface area contributed by atoms with E-state index in [-0.39, 0.29) is 12.0 Å². The summed E-state index contributed by atoms with van der Waals surface area (Å²) in [5.41, 5.74) is 0.623. The Morgan fingerprint density at radius 2 is 2.12 bits per heavy atom. The van der Waals surface area contributed by atoms with Crippen molar-refractivity contribution in [2.24, 2.45) is 5.92 Å². The summed E-state index contributed by atoms with van der Waals surface area (Å²) >= 11 is 0. The molecule has 2 saturated heterocycles. The van der Waals surface area contributed by atoms with Crippen LogP contribution in [-0.4, -0.2) is 55.8 Å². The molecule has 1 N–H and O–H groups in total. The molecule has 3 aliphatic rings. The van der Waals surface area contributed by atoms with Gasteiger partial charge in [0.05, 0.1) is 11.7 Å². The van der Waals surface area contributed by atoms with Crippen molar-refractivity contribution in [3.8, 4) is 5.75 Å². The number of benzene rings is 1. The number of para-hydroxylation sites is 1. The lowest BCUT2D eigenvalue weighted by molar-refractivity contribution is 0.0670. The van der Waals surface area contributed by atoms with Crippen molar-refractivity contribution in [3.63, 3.8) is 0 Å². The molecule has 0 aromatic heterocycles. The molecule has 2 atom stereocenters. The Bertz CT molecular complexity index is 596. The second-order valence-electron chi connectivity index (χ2n) is 7.53. The first-order valence-electron chi connectivity index (χ1n) is 9.65. The predicted octanol–water partition coefficient (Wildman–Crippen LogP) is 2.46. The molecule has 5 heteroatoms. The Balaban J connectivity index is 1.28. The highest BCUT2D eigenvalue weighted by atomic mass is 16.5. The van der Waals surface area contributed by atoms with Crippen LogP contribution < -0.4 is 10.1 Å². The zero-order chi connectivity index (χ0) is 17.1. The van der Waals surface area contributed by atoms with Crippen LogP contribution >= 0.6 is 0 Å². The maximum Gasteiger partial charge on any atom is 0.255 e. The molecule has 4 rings (SSSR count). The minimum atomic E-state index is -0.0344. The number of ether oxygens (including phenoxy) is 2. The van der Waals surface area contributed by atoms with Crippen LogP contribution in [0.3, 0.4) is 0 Å². The Hall–Kier alpha value is -1.59. The van der Waals surface area contributed by atoms with Crippen LogP contribution in [0.25, 0.3) is 0 Å². The molecule has 3 fully saturated rings. The average molecular weight is 344 g/mol. The van der Waals surface area contributed by atoms with Gasteiger partial charge in [0, 0.05) is 25.7 Å². The third kappa shape index (κ3) is 4.33. The number of carbonyl (C=O) groups excluding carboxylic acids is 1. The van der Waals surface area contributed by atoms with Gasteiger partial charge in [-0.15, -0.1) is 0 Å². The van der Waals surface area contributed by atoms with Crippen LogP contribution in [0.1, 0.15) is 42.5 Å². The van der Waals surface area contributed by atoms with Crippen LogP contribution in [0.15, 0.2) is 24.3 Å². The number of rotatable bonds is 7. The Kier molecular flexibility index (Phi) is 5.22. The van der Waals surface area contributed by atoms with E-state index in [1.54, 1.807) is 0 Å². The number of hydrogen-bond acceptors (Lipinski definition) is 4. The Morgan fingerprint density at radius 1 is 1.24 bits per heavy atom. The van der Waals surface area contributed by atoms with Crippen molar-refractivity contribution in [1.82, 2.24) is 10.2 Å². The Morgan fingerprint density at radius 3 is 2.92 bits per heavy atom. The highest BCUT2D eigenvalue weighted by Crippen LogP contribution is 2.31. The summed E-state index contributed by atoms with van der Waals surface area (Å²) in [4.78, 5) is 15.2. The lowest BCUT2D eigenvalue weighted by Crippen LogP contribution is -2.31. The number of amides is 1. The molecule has 1 aromatic rings. The van der Waals surface area contributed by atoms with Gasteiger partial charge in [-0.05, 0) is 56.7 Å². The second kappa shape index (κ2) is 7.75. The minimum Gasteiger partial charge on any atom is -0.490 e. The molecule has 2 heterocycles. The summed E-state index contributed by atoms with van der Waals surface area (Å²) in [5.74, 6) is 1.19. The van der Waals surface area contributed by atoms with Gasteiger partial charge in [0.1, 0.15) is 12.4 Å². The molecule has 136 valence electrons. The van der Waals surface area contributed by atoms with E-state index in [2.05, 4.69) is 10.2 Å². The van der Waals surface area contributed by atoms with Gasteiger partial charge >= 0.3 is 0 Å². The van der Waals surface area contributed by atoms with Crippen molar-refractivity contribution >= 4 is 5.91 Å². The maximum atomic E-state index is 12.6. The molecule has 1 amide bonds. The molecular weight excluding hydrogens is 316 g/mol. The van der Waals surface area contributed by atoms with Gasteiger partial charge < -0.3 is 19.7 Å². The first-order chi connectivity index (χ1) is 12.3. The maximum absolute atomic E-state index is 12.6. The van der Waals surface area contributed by atoms with Gasteiger partial charge in [-0.3, -0.25) is 4.79 Å². The summed E-state index contributed by atoms with van der Waals surface area (Å²) in [6.07, 6.45) is 6.18. The monoisotopic (exact) mass is 344 g/mol. The fraction of sp³-hybridized carbons (Fsp3) is 0.650. The highest BCUT2D eigenvalue weighted by Gasteiger charge is 2.34. The van der Waals surface area contributed by atoms with Crippen molar-refractivity contribution in [2.75, 3.05) is 32.8 Å². The standard InChI is InChI=1S/C20H28N2O3/c23-20(21-12-15-9-10-22(13-15)16-7-8-16)18-5-1-2-6-19(18)25-14-17-4-3-11-24-17/h1-2,5-6,15-17H,3-4,7-14H2,(H,21,23). The molecule has 1 aliphatic carbocycles. The first kappa shape index (κ1) is 16.9. The number of likely N-dealkylation sites (tertiary alicyclic amines) is 1. The van der Waals surface area contributed by atoms with Crippen molar-refractivity contribution < 1.29 is 14.3 Å². The topological polar surface area (TPSA) is 50.8 Å². The van der Waals surface area contributed by atoms with E-state index in [4.69, 9.17) is 9.47 Å². The van der Waals surface area contributed by atoms with E-state index in [1.807, 2.05) is 24.3 Å². The van der Waals surface area contributed by atoms with Gasteiger partial charge in [-0.25, -0.2) is 0 Å². The van der Waals surface area contributed by atoms with Crippen LogP contribution in [0, 0.1) is 5.92 Å². The van der Waals surface area contributed by atoms with E-state index < -0.39 is 0 Å². The van der Waals surface area contributed by atoms with Crippen LogP contribution in [0.4, 0.5) is 0 Å². The van der Waals surface area contributed by atoms with Crippen LogP contribution in [0.2, 0.25) is 0 Å². The van der Waals surface area contributed by atoms with Gasteiger partial charge in [-0.1, -0.05) is 12.1 Å². The van der Waals surface area contributed by atoms with Gasteiger partial charge in [0.2, 0.25) is 0 Å². The molecule has 5 nitrogen and oxygen atoms in total. The van der Waals surface area contributed by atoms with Crippen molar-refractivity contribution in [2.45, 2.75) is 44.2 Å². The van der Waals surface area contributed by atoms with Gasteiger partial charge in [0.15, 0.2) is 0 Å². The third-order valence-electron chi connectivity index (χ3n) is 5.51. The van der Waals surface area contributed by atoms with Gasteiger partial charge in [0.25, 0.3) is 5.91 Å². The van der Waals surface area contributed by atoms with Crippen LogP contribution in [-0.2, 0) is 4.74 Å². The predicted molar refractivity (Wildman–Crippen MR) is 95.9 cm³/mol. The van der Waals surface area contributed by atoms with E-state index >= 15 is 0 Å². The minimum absolute atomic E-state index is 0.0344. The first-order valence-corrected chi connectivity index (χ1v) is 9.65. The van der Waals surface area contributed by atoms with E-state index in [9.17, 15) is 4.79 Å². The molecular formula is C20H28N2O3. The average Bonchev–Trinajstić information content (AvgIpc) is 3.16. The normalized spacial score (nSPS) is 26.7. The highest BCUT2D eigenvalue weighted by molar-refractivity contribution is 5.96. The van der Waals surface area contributed by atoms with Crippen molar-refractivity contribution in [1.29, 1.82) is 0 Å². The quantitative estimate of drug-likeness (QED) is 0.825. The zero-order valence-corrected chi connectivity index (χ0v) is 14.8. The molecule has 0 bridgehead atoms. The number of hydrogen-bond donors (Lipinski definition) is 1. The fourth-order valence-electron chi connectivity index (χ4n) is 3.87. The lowest BCUT2D eigenvalue weighted by atomic mass is 10.1. The molecule has 2 aliphatic heterocycles. The number of nitrogens with one attached hydrogen (secondary N) is 1. The van der Waals surface area contributed by atoms with Crippen molar-refractivity contribution in [3.05, 3.63) is 29.8 Å². The summed E-state index contributed by atoms with van der Waals surface area (Å²) in [7, 11) is 0. The summed E-state index contributed by atoms with van der Waals surface area (Å²) < 4.78 is 11.5. The largest absolute Gasteiger partial charge is 0.490 e. The summed E-state index contributed by atoms with van der Waals surface area (Å²) in [6.45, 7) is 4.40. The van der Waals surface area contributed by atoms with Gasteiger partial charge in [-0.2, -0.15) is 0 Å². The third-order valence-corrected chi connectivity index (χ3v) is 5.51. The molecule has 25 heavy (non-hydrogen) atoms. The fourth-order valence-corrected chi connectivity index (χ4v) is 3.87. The number of carbonyl (C=O) groups is 1. The lowest BCUT2D eigenvalue weighted by Gasteiger charge is -2.16. The Labute approximate surface area is 149 Å². The smallest absolute Gasteiger partial charge is 0.255 e. The summed E-state index contributed by atoms with van der Waals surface area (Å²) in [5, 5.41) is 3.11.